The fourth-order valence-electron chi connectivity index (χ4n) is 1.84. The summed E-state index contributed by atoms with van der Waals surface area (Å²) in [6.07, 6.45) is 0.527. The minimum Gasteiger partial charge on any atom is -0.347 e. The van der Waals surface area contributed by atoms with Crippen LogP contribution in [0.3, 0.4) is 0 Å². The molecule has 0 spiro atoms. The molecule has 0 amide bonds. The van der Waals surface area contributed by atoms with E-state index in [1.807, 2.05) is 4.98 Å². The van der Waals surface area contributed by atoms with E-state index in [2.05, 4.69) is 0 Å². The van der Waals surface area contributed by atoms with Gasteiger partial charge >= 0.3 is 5.69 Å². The third kappa shape index (κ3) is 2.05. The molecule has 1 N–H and O–H groups in total. The number of carbonyl (C=O) groups is 1. The van der Waals surface area contributed by atoms with Gasteiger partial charge in [-0.15, -0.1) is 0 Å². The summed E-state index contributed by atoms with van der Waals surface area (Å²) >= 11 is 0. The second kappa shape index (κ2) is 4.25. The van der Waals surface area contributed by atoms with Crippen molar-refractivity contribution in [1.29, 1.82) is 0 Å². The second-order valence-electron chi connectivity index (χ2n) is 4.05. The van der Waals surface area contributed by atoms with Gasteiger partial charge in [-0.3, -0.25) is 14.3 Å². The molecule has 0 aliphatic carbocycles. The summed E-state index contributed by atoms with van der Waals surface area (Å²) in [4.78, 5) is 34.8. The van der Waals surface area contributed by atoms with Gasteiger partial charge in [0, 0.05) is 0 Å². The highest BCUT2D eigenvalue weighted by molar-refractivity contribution is 5.57. The van der Waals surface area contributed by atoms with Gasteiger partial charge in [-0.25, -0.2) is 4.79 Å². The molecule has 0 saturated carbocycles. The van der Waals surface area contributed by atoms with Crippen LogP contribution in [0.25, 0.3) is 0 Å². The Hall–Kier alpha value is -1.76. The van der Waals surface area contributed by atoms with Crippen LogP contribution in [-0.4, -0.2) is 21.9 Å². The quantitative estimate of drug-likeness (QED) is 0.728. The molecule has 2 rings (SSSR count). The molecule has 3 atom stereocenters. The number of hydrogen-bond donors (Lipinski definition) is 1. The third-order valence-corrected chi connectivity index (χ3v) is 2.82. The fourth-order valence-corrected chi connectivity index (χ4v) is 1.84. The smallest absolute Gasteiger partial charge is 0.330 e. The maximum atomic E-state index is 13.1. The lowest BCUT2D eigenvalue weighted by Crippen LogP contribution is -2.33. The molecule has 7 heteroatoms. The van der Waals surface area contributed by atoms with Crippen LogP contribution in [0.2, 0.25) is 0 Å². The molecule has 1 aromatic heterocycles. The van der Waals surface area contributed by atoms with Crippen LogP contribution in [0.5, 0.6) is 0 Å². The zero-order chi connectivity index (χ0) is 12.6. The Kier molecular flexibility index (Phi) is 2.93. The van der Waals surface area contributed by atoms with Gasteiger partial charge in [0.2, 0.25) is 5.82 Å². The van der Waals surface area contributed by atoms with E-state index in [1.165, 1.54) is 0 Å². The molecule has 2 heterocycles. The van der Waals surface area contributed by atoms with Crippen LogP contribution in [0, 0.1) is 11.7 Å². The van der Waals surface area contributed by atoms with Gasteiger partial charge in [0.1, 0.15) is 18.6 Å². The maximum Gasteiger partial charge on any atom is 0.330 e. The van der Waals surface area contributed by atoms with Crippen molar-refractivity contribution in [3.05, 3.63) is 32.9 Å². The summed E-state index contributed by atoms with van der Waals surface area (Å²) in [6, 6.07) is 0. The molecule has 0 unspecified atom stereocenters. The molecule has 1 saturated heterocycles. The number of aromatic amines is 1. The zero-order valence-electron chi connectivity index (χ0n) is 9.05. The molecule has 1 aliphatic heterocycles. The summed E-state index contributed by atoms with van der Waals surface area (Å²) in [5.74, 6) is -1.12. The van der Waals surface area contributed by atoms with Crippen molar-refractivity contribution < 1.29 is 13.9 Å². The van der Waals surface area contributed by atoms with Crippen LogP contribution >= 0.6 is 0 Å². The van der Waals surface area contributed by atoms with Crippen molar-refractivity contribution >= 4 is 6.29 Å². The first-order valence-electron chi connectivity index (χ1n) is 5.14. The third-order valence-electron chi connectivity index (χ3n) is 2.82. The highest BCUT2D eigenvalue weighted by atomic mass is 19.1. The van der Waals surface area contributed by atoms with Gasteiger partial charge < -0.3 is 9.53 Å². The Morgan fingerprint density at radius 2 is 2.29 bits per heavy atom. The monoisotopic (exact) mass is 242 g/mol. The van der Waals surface area contributed by atoms with Crippen LogP contribution in [0.4, 0.5) is 4.39 Å². The molecular formula is C10H11FN2O4. The van der Waals surface area contributed by atoms with Gasteiger partial charge in [0.15, 0.2) is 0 Å². The molecule has 1 fully saturated rings. The van der Waals surface area contributed by atoms with Gasteiger partial charge in [0.25, 0.3) is 5.56 Å². The number of rotatable bonds is 2. The zero-order valence-corrected chi connectivity index (χ0v) is 9.05. The van der Waals surface area contributed by atoms with E-state index in [-0.39, 0.29) is 5.92 Å². The Morgan fingerprint density at radius 1 is 1.59 bits per heavy atom. The highest BCUT2D eigenvalue weighted by Gasteiger charge is 2.33. The van der Waals surface area contributed by atoms with Gasteiger partial charge in [-0.05, 0) is 12.3 Å². The Bertz CT molecular complexity index is 550. The minimum atomic E-state index is -1.07. The first kappa shape index (κ1) is 11.7. The predicted molar refractivity (Wildman–Crippen MR) is 55.0 cm³/mol. The second-order valence-corrected chi connectivity index (χ2v) is 4.05. The molecule has 92 valence electrons. The number of halogens is 1. The number of hydrogen-bond acceptors (Lipinski definition) is 4. The highest BCUT2D eigenvalue weighted by Crippen LogP contribution is 2.30. The first-order valence-corrected chi connectivity index (χ1v) is 5.14. The lowest BCUT2D eigenvalue weighted by atomic mass is 10.0. The molecule has 0 aromatic carbocycles. The molecule has 1 aromatic rings. The van der Waals surface area contributed by atoms with Crippen LogP contribution < -0.4 is 11.2 Å². The molecule has 1 aliphatic rings. The largest absolute Gasteiger partial charge is 0.347 e. The van der Waals surface area contributed by atoms with Gasteiger partial charge in [-0.2, -0.15) is 4.39 Å². The van der Waals surface area contributed by atoms with E-state index in [0.717, 1.165) is 10.8 Å². The number of nitrogens with one attached hydrogen (secondary N) is 1. The molecule has 0 bridgehead atoms. The number of nitrogens with zero attached hydrogens (tertiary/aromatic N) is 1. The molecular weight excluding hydrogens is 231 g/mol. The lowest BCUT2D eigenvalue weighted by molar-refractivity contribution is -0.120. The standard InChI is InChI=1S/C10H11FN2O4/c1-5-2-8(17-7(5)4-14)13-3-6(11)9(15)12-10(13)16/h3-5,7-8H,2H2,1H3,(H,12,15,16)/t5-,7+,8+/m0/s1. The van der Waals surface area contributed by atoms with E-state index in [1.54, 1.807) is 6.92 Å². The number of aromatic nitrogens is 2. The van der Waals surface area contributed by atoms with Crippen molar-refractivity contribution in [2.24, 2.45) is 5.92 Å². The number of H-pyrrole nitrogens is 1. The summed E-state index contributed by atoms with van der Waals surface area (Å²) < 4.78 is 19.3. The molecule has 17 heavy (non-hydrogen) atoms. The molecule has 6 nitrogen and oxygen atoms in total. The van der Waals surface area contributed by atoms with Gasteiger partial charge in [0.05, 0.1) is 6.20 Å². The van der Waals surface area contributed by atoms with E-state index in [0.29, 0.717) is 12.7 Å². The summed E-state index contributed by atoms with van der Waals surface area (Å²) in [7, 11) is 0. The average Bonchev–Trinajstić information content (AvgIpc) is 2.65. The number of ether oxygens (including phenoxy) is 1. The van der Waals surface area contributed by atoms with E-state index in [4.69, 9.17) is 4.74 Å². The topological polar surface area (TPSA) is 81.2 Å². The Balaban J connectivity index is 2.37. The average molecular weight is 242 g/mol. The lowest BCUT2D eigenvalue weighted by Gasteiger charge is -2.12. The molecule has 0 radical (unpaired) electrons. The summed E-state index contributed by atoms with van der Waals surface area (Å²) in [6.45, 7) is 1.80. The predicted octanol–water partition coefficient (Wildman–Crippen LogP) is -0.202. The van der Waals surface area contributed by atoms with Crippen LogP contribution in [0.15, 0.2) is 15.8 Å². The summed E-state index contributed by atoms with van der Waals surface area (Å²) in [5.41, 5.74) is -1.82. The normalized spacial score (nSPS) is 28.2. The SMILES string of the molecule is C[C@H]1C[C@H](n2cc(F)c(=O)[nH]c2=O)O[C@@H]1C=O. The van der Waals surface area contributed by atoms with Gasteiger partial charge in [-0.1, -0.05) is 6.92 Å². The number of carbonyl (C=O) groups excluding carboxylic acids is 1. The van der Waals surface area contributed by atoms with Crippen molar-refractivity contribution in [1.82, 2.24) is 9.55 Å². The fraction of sp³-hybridized carbons (Fsp3) is 0.500. The van der Waals surface area contributed by atoms with Crippen molar-refractivity contribution in [2.45, 2.75) is 25.7 Å². The first-order chi connectivity index (χ1) is 8.02. The van der Waals surface area contributed by atoms with Crippen LogP contribution in [0.1, 0.15) is 19.6 Å². The Labute approximate surface area is 95.0 Å². The minimum absolute atomic E-state index is 0.0561. The maximum absolute atomic E-state index is 13.1. The van der Waals surface area contributed by atoms with Crippen LogP contribution in [-0.2, 0) is 9.53 Å². The van der Waals surface area contributed by atoms with Crippen molar-refractivity contribution in [2.75, 3.05) is 0 Å². The van der Waals surface area contributed by atoms with Crippen molar-refractivity contribution in [3.63, 3.8) is 0 Å². The Morgan fingerprint density at radius 3 is 2.88 bits per heavy atom. The van der Waals surface area contributed by atoms with E-state index >= 15 is 0 Å². The summed E-state index contributed by atoms with van der Waals surface area (Å²) in [5, 5.41) is 0. The van der Waals surface area contributed by atoms with Crippen molar-refractivity contribution in [3.8, 4) is 0 Å². The van der Waals surface area contributed by atoms with E-state index < -0.39 is 29.4 Å². The van der Waals surface area contributed by atoms with E-state index in [9.17, 15) is 18.8 Å². The number of aldehydes is 1.